The predicted molar refractivity (Wildman–Crippen MR) is 57.5 cm³/mol. The van der Waals surface area contributed by atoms with Crippen LogP contribution in [0.3, 0.4) is 0 Å². The maximum absolute atomic E-state index is 11.9. The van der Waals surface area contributed by atoms with Gasteiger partial charge in [-0.05, 0) is 26.2 Å². The number of aryl methyl sites for hydroxylation is 1. The van der Waals surface area contributed by atoms with Gasteiger partial charge in [0.25, 0.3) is 5.91 Å². The Morgan fingerprint density at radius 2 is 2.29 bits per heavy atom. The van der Waals surface area contributed by atoms with E-state index in [-0.39, 0.29) is 18.0 Å². The van der Waals surface area contributed by atoms with Crippen LogP contribution >= 0.6 is 0 Å². The third-order valence-corrected chi connectivity index (χ3v) is 3.14. The molecule has 0 unspecified atom stereocenters. The Labute approximate surface area is 98.0 Å². The van der Waals surface area contributed by atoms with Gasteiger partial charge < -0.3 is 14.8 Å². The van der Waals surface area contributed by atoms with Crippen molar-refractivity contribution in [1.29, 1.82) is 0 Å². The lowest BCUT2D eigenvalue weighted by molar-refractivity contribution is -0.139. The summed E-state index contributed by atoms with van der Waals surface area (Å²) in [4.78, 5) is 26.5. The molecule has 17 heavy (non-hydrogen) atoms. The molecule has 2 N–H and O–H groups in total. The van der Waals surface area contributed by atoms with Gasteiger partial charge in [0.2, 0.25) is 0 Å². The molecule has 6 nitrogen and oxygen atoms in total. The summed E-state index contributed by atoms with van der Waals surface area (Å²) in [7, 11) is 0. The van der Waals surface area contributed by atoms with Crippen molar-refractivity contribution in [2.75, 3.05) is 0 Å². The molecule has 0 spiro atoms. The van der Waals surface area contributed by atoms with Gasteiger partial charge in [-0.2, -0.15) is 0 Å². The van der Waals surface area contributed by atoms with Crippen molar-refractivity contribution >= 4 is 11.9 Å². The van der Waals surface area contributed by atoms with E-state index in [4.69, 9.17) is 9.52 Å². The van der Waals surface area contributed by atoms with Crippen molar-refractivity contribution in [2.24, 2.45) is 0 Å². The summed E-state index contributed by atoms with van der Waals surface area (Å²) in [5.74, 6) is -0.827. The summed E-state index contributed by atoms with van der Waals surface area (Å²) < 4.78 is 4.94. The molecule has 1 aliphatic carbocycles. The third kappa shape index (κ3) is 2.30. The summed E-state index contributed by atoms with van der Waals surface area (Å²) in [6.07, 6.45) is 3.49. The fraction of sp³-hybridized carbons (Fsp3) is 0.545. The number of aliphatic carboxylic acids is 1. The highest BCUT2D eigenvalue weighted by atomic mass is 16.4. The summed E-state index contributed by atoms with van der Waals surface area (Å²) in [5, 5.41) is 11.6. The number of nitrogens with one attached hydrogen (secondary N) is 1. The molecule has 0 aliphatic heterocycles. The second-order valence-electron chi connectivity index (χ2n) is 4.42. The number of carboxylic acids is 1. The van der Waals surface area contributed by atoms with Gasteiger partial charge >= 0.3 is 5.97 Å². The third-order valence-electron chi connectivity index (χ3n) is 3.14. The van der Waals surface area contributed by atoms with E-state index in [9.17, 15) is 9.59 Å². The molecule has 0 saturated heterocycles. The number of carboxylic acid groups (broad SMARTS) is 1. The smallest absolute Gasteiger partial charge is 0.305 e. The average Bonchev–Trinajstić information content (AvgIpc) is 2.60. The molecule has 92 valence electrons. The van der Waals surface area contributed by atoms with E-state index < -0.39 is 11.5 Å². The summed E-state index contributed by atoms with van der Waals surface area (Å²) in [5.41, 5.74) is -0.379. The summed E-state index contributed by atoms with van der Waals surface area (Å²) >= 11 is 0. The number of nitrogens with zero attached hydrogens (tertiary/aromatic N) is 1. The van der Waals surface area contributed by atoms with Crippen LogP contribution < -0.4 is 5.32 Å². The molecule has 6 heteroatoms. The first-order chi connectivity index (χ1) is 8.02. The first-order valence-electron chi connectivity index (χ1n) is 5.47. The molecule has 2 rings (SSSR count). The van der Waals surface area contributed by atoms with Crippen LogP contribution in [0.4, 0.5) is 0 Å². The second-order valence-corrected chi connectivity index (χ2v) is 4.42. The number of carbonyl (C=O) groups is 2. The topological polar surface area (TPSA) is 92.4 Å². The van der Waals surface area contributed by atoms with Crippen LogP contribution in [0, 0.1) is 6.92 Å². The van der Waals surface area contributed by atoms with Crippen molar-refractivity contribution in [1.82, 2.24) is 10.3 Å². The summed E-state index contributed by atoms with van der Waals surface area (Å²) in [6.45, 7) is 1.65. The van der Waals surface area contributed by atoms with Crippen molar-refractivity contribution in [3.63, 3.8) is 0 Å². The number of amides is 1. The van der Waals surface area contributed by atoms with E-state index in [0.717, 1.165) is 6.42 Å². The minimum Gasteiger partial charge on any atom is -0.481 e. The first kappa shape index (κ1) is 11.6. The van der Waals surface area contributed by atoms with Gasteiger partial charge in [-0.15, -0.1) is 0 Å². The molecule has 1 amide bonds. The van der Waals surface area contributed by atoms with Crippen LogP contribution in [0.2, 0.25) is 0 Å². The molecule has 1 heterocycles. The molecule has 1 saturated carbocycles. The largest absolute Gasteiger partial charge is 0.481 e. The van der Waals surface area contributed by atoms with Crippen LogP contribution in [0.25, 0.3) is 0 Å². The van der Waals surface area contributed by atoms with Crippen LogP contribution in [0.15, 0.2) is 10.8 Å². The van der Waals surface area contributed by atoms with Crippen molar-refractivity contribution in [2.45, 2.75) is 38.1 Å². The lowest BCUT2D eigenvalue weighted by Gasteiger charge is -2.41. The Bertz CT molecular complexity index is 448. The highest BCUT2D eigenvalue weighted by Gasteiger charge is 2.41. The summed E-state index contributed by atoms with van der Waals surface area (Å²) in [6, 6.07) is 0. The molecule has 0 atom stereocenters. The van der Waals surface area contributed by atoms with Crippen LogP contribution in [-0.2, 0) is 4.79 Å². The minimum absolute atomic E-state index is 0.0460. The van der Waals surface area contributed by atoms with Gasteiger partial charge in [0.15, 0.2) is 12.1 Å². The Balaban J connectivity index is 2.07. The van der Waals surface area contributed by atoms with Crippen LogP contribution in [0.1, 0.15) is 41.9 Å². The Morgan fingerprint density at radius 3 is 2.71 bits per heavy atom. The van der Waals surface area contributed by atoms with E-state index in [1.807, 2.05) is 0 Å². The van der Waals surface area contributed by atoms with Gasteiger partial charge in [0, 0.05) is 0 Å². The zero-order chi connectivity index (χ0) is 12.5. The molecule has 1 aromatic rings. The van der Waals surface area contributed by atoms with Crippen molar-refractivity contribution < 1.29 is 19.1 Å². The normalized spacial score (nSPS) is 17.2. The van der Waals surface area contributed by atoms with Crippen molar-refractivity contribution in [3.8, 4) is 0 Å². The quantitative estimate of drug-likeness (QED) is 0.819. The predicted octanol–water partition coefficient (Wildman–Crippen LogP) is 1.11. The Kier molecular flexibility index (Phi) is 2.87. The highest BCUT2D eigenvalue weighted by Crippen LogP contribution is 2.35. The monoisotopic (exact) mass is 238 g/mol. The fourth-order valence-electron chi connectivity index (χ4n) is 2.06. The van der Waals surface area contributed by atoms with Gasteiger partial charge in [-0.25, -0.2) is 4.98 Å². The number of carbonyl (C=O) groups excluding carboxylic acids is 1. The van der Waals surface area contributed by atoms with Gasteiger partial charge in [0.1, 0.15) is 5.76 Å². The lowest BCUT2D eigenvalue weighted by Crippen LogP contribution is -2.54. The molecular formula is C11H14N2O4. The number of oxazole rings is 1. The lowest BCUT2D eigenvalue weighted by atomic mass is 9.74. The van der Waals surface area contributed by atoms with Gasteiger partial charge in [-0.3, -0.25) is 9.59 Å². The number of rotatable bonds is 4. The Hall–Kier alpha value is -1.85. The maximum Gasteiger partial charge on any atom is 0.305 e. The van der Waals surface area contributed by atoms with E-state index in [0.29, 0.717) is 18.6 Å². The van der Waals surface area contributed by atoms with Crippen LogP contribution in [-0.4, -0.2) is 27.5 Å². The SMILES string of the molecule is Cc1ocnc1C(=O)NC1(CC(=O)O)CCC1. The molecule has 1 fully saturated rings. The van der Waals surface area contributed by atoms with E-state index in [2.05, 4.69) is 10.3 Å². The molecule has 1 aromatic heterocycles. The molecule has 1 aliphatic rings. The van der Waals surface area contributed by atoms with Gasteiger partial charge in [0.05, 0.1) is 12.0 Å². The fourth-order valence-corrected chi connectivity index (χ4v) is 2.06. The van der Waals surface area contributed by atoms with Gasteiger partial charge in [-0.1, -0.05) is 0 Å². The van der Waals surface area contributed by atoms with E-state index in [1.54, 1.807) is 6.92 Å². The first-order valence-corrected chi connectivity index (χ1v) is 5.47. The minimum atomic E-state index is -0.901. The second kappa shape index (κ2) is 4.20. The number of aromatic nitrogens is 1. The highest BCUT2D eigenvalue weighted by molar-refractivity contribution is 5.94. The zero-order valence-corrected chi connectivity index (χ0v) is 9.52. The zero-order valence-electron chi connectivity index (χ0n) is 9.52. The standard InChI is InChI=1S/C11H14N2O4/c1-7-9(12-6-17-7)10(16)13-11(3-2-4-11)5-8(14)15/h6H,2-5H2,1H3,(H,13,16)(H,14,15). The molecular weight excluding hydrogens is 224 g/mol. The van der Waals surface area contributed by atoms with Crippen LogP contribution in [0.5, 0.6) is 0 Å². The average molecular weight is 238 g/mol. The molecule has 0 radical (unpaired) electrons. The maximum atomic E-state index is 11.9. The molecule has 0 aromatic carbocycles. The molecule has 0 bridgehead atoms. The van der Waals surface area contributed by atoms with Crippen molar-refractivity contribution in [3.05, 3.63) is 17.8 Å². The van der Waals surface area contributed by atoms with E-state index in [1.165, 1.54) is 6.39 Å². The van der Waals surface area contributed by atoms with E-state index >= 15 is 0 Å². The number of hydrogen-bond donors (Lipinski definition) is 2. The number of hydrogen-bond acceptors (Lipinski definition) is 4. The Morgan fingerprint density at radius 1 is 1.59 bits per heavy atom.